The number of hydrogen-bond donors (Lipinski definition) is 1. The van der Waals surface area contributed by atoms with Gasteiger partial charge in [0.05, 0.1) is 17.7 Å². The van der Waals surface area contributed by atoms with E-state index >= 15 is 0 Å². The van der Waals surface area contributed by atoms with Crippen molar-refractivity contribution in [1.29, 1.82) is 0 Å². The van der Waals surface area contributed by atoms with Crippen molar-refractivity contribution < 1.29 is 14.3 Å². The van der Waals surface area contributed by atoms with E-state index in [0.717, 1.165) is 11.1 Å². The Morgan fingerprint density at radius 2 is 1.88 bits per heavy atom. The van der Waals surface area contributed by atoms with E-state index in [0.29, 0.717) is 27.6 Å². The minimum atomic E-state index is -0.630. The molecule has 1 amide bonds. The first-order chi connectivity index (χ1) is 16.3. The average Bonchev–Trinajstić information content (AvgIpc) is 3.23. The quantitative estimate of drug-likeness (QED) is 0.382. The SMILES string of the molecule is CCOC(=O)c1nn(-c2ccc(C(C)C)cc2)c(=O)c2c(NC(=O)c3cccc(C)c3)scc12. The van der Waals surface area contributed by atoms with Gasteiger partial charge in [0.25, 0.3) is 11.5 Å². The van der Waals surface area contributed by atoms with Gasteiger partial charge in [0, 0.05) is 16.3 Å². The number of benzene rings is 2. The maximum atomic E-state index is 13.5. The Kier molecular flexibility index (Phi) is 6.61. The normalized spacial score (nSPS) is 11.1. The zero-order valence-electron chi connectivity index (χ0n) is 19.4. The van der Waals surface area contributed by atoms with Crippen molar-refractivity contribution in [1.82, 2.24) is 9.78 Å². The lowest BCUT2D eigenvalue weighted by atomic mass is 10.0. The van der Waals surface area contributed by atoms with E-state index in [2.05, 4.69) is 24.3 Å². The summed E-state index contributed by atoms with van der Waals surface area (Å²) in [5.74, 6) is -0.639. The Labute approximate surface area is 201 Å². The smallest absolute Gasteiger partial charge is 0.359 e. The first-order valence-electron chi connectivity index (χ1n) is 11.0. The van der Waals surface area contributed by atoms with Crippen molar-refractivity contribution in [3.05, 3.63) is 86.6 Å². The molecule has 0 spiro atoms. The van der Waals surface area contributed by atoms with Crippen LogP contribution in [0.25, 0.3) is 16.5 Å². The van der Waals surface area contributed by atoms with Crippen molar-refractivity contribution in [2.24, 2.45) is 0 Å². The van der Waals surface area contributed by atoms with E-state index < -0.39 is 11.5 Å². The molecular weight excluding hydrogens is 450 g/mol. The Balaban J connectivity index is 1.86. The van der Waals surface area contributed by atoms with Crippen molar-refractivity contribution >= 4 is 39.0 Å². The summed E-state index contributed by atoms with van der Waals surface area (Å²) < 4.78 is 6.38. The van der Waals surface area contributed by atoms with E-state index in [1.165, 1.54) is 16.0 Å². The monoisotopic (exact) mass is 475 g/mol. The van der Waals surface area contributed by atoms with Crippen LogP contribution < -0.4 is 10.9 Å². The number of amides is 1. The number of nitrogens with zero attached hydrogens (tertiary/aromatic N) is 2. The standard InChI is InChI=1S/C26H25N3O4S/c1-5-33-26(32)22-20-14-34-24(27-23(30)18-8-6-7-16(4)13-18)21(20)25(31)29(28-22)19-11-9-17(10-12-19)15(2)3/h6-15H,5H2,1-4H3,(H,27,30). The van der Waals surface area contributed by atoms with Crippen LogP contribution >= 0.6 is 11.3 Å². The summed E-state index contributed by atoms with van der Waals surface area (Å²) >= 11 is 1.17. The van der Waals surface area contributed by atoms with E-state index in [4.69, 9.17) is 4.74 Å². The van der Waals surface area contributed by atoms with E-state index in [9.17, 15) is 14.4 Å². The Bertz CT molecular complexity index is 1430. The van der Waals surface area contributed by atoms with Gasteiger partial charge < -0.3 is 10.1 Å². The van der Waals surface area contributed by atoms with Crippen molar-refractivity contribution in [2.45, 2.75) is 33.6 Å². The van der Waals surface area contributed by atoms with Crippen LogP contribution in [-0.2, 0) is 4.74 Å². The summed E-state index contributed by atoms with van der Waals surface area (Å²) in [5.41, 5.74) is 2.66. The van der Waals surface area contributed by atoms with Crippen molar-refractivity contribution in [3.8, 4) is 5.69 Å². The summed E-state index contributed by atoms with van der Waals surface area (Å²) in [5, 5.41) is 9.76. The molecule has 174 valence electrons. The summed E-state index contributed by atoms with van der Waals surface area (Å²) in [7, 11) is 0. The van der Waals surface area contributed by atoms with Gasteiger partial charge in [0.2, 0.25) is 0 Å². The molecule has 0 radical (unpaired) electrons. The largest absolute Gasteiger partial charge is 0.461 e. The molecule has 7 nitrogen and oxygen atoms in total. The second kappa shape index (κ2) is 9.61. The zero-order valence-corrected chi connectivity index (χ0v) is 20.2. The first kappa shape index (κ1) is 23.4. The number of carbonyl (C=O) groups is 2. The lowest BCUT2D eigenvalue weighted by molar-refractivity contribution is 0.0520. The van der Waals surface area contributed by atoms with Gasteiger partial charge in [-0.05, 0) is 49.6 Å². The third-order valence-corrected chi connectivity index (χ3v) is 6.33. The molecule has 0 atom stereocenters. The molecule has 0 saturated carbocycles. The molecule has 0 unspecified atom stereocenters. The molecule has 0 aliphatic rings. The van der Waals surface area contributed by atoms with Crippen LogP contribution in [0.1, 0.15) is 58.7 Å². The van der Waals surface area contributed by atoms with Crippen LogP contribution in [0.2, 0.25) is 0 Å². The molecular formula is C26H25N3O4S. The Hall–Kier alpha value is -3.78. The highest BCUT2D eigenvalue weighted by Gasteiger charge is 2.23. The molecule has 0 bridgehead atoms. The molecule has 0 fully saturated rings. The van der Waals surface area contributed by atoms with Gasteiger partial charge in [-0.1, -0.05) is 43.7 Å². The molecule has 4 rings (SSSR count). The third-order valence-electron chi connectivity index (χ3n) is 5.43. The fourth-order valence-corrected chi connectivity index (χ4v) is 4.56. The molecule has 0 aliphatic heterocycles. The lowest BCUT2D eigenvalue weighted by Gasteiger charge is -2.11. The van der Waals surface area contributed by atoms with Gasteiger partial charge in [-0.3, -0.25) is 9.59 Å². The number of nitrogens with one attached hydrogen (secondary N) is 1. The highest BCUT2D eigenvalue weighted by atomic mass is 32.1. The Morgan fingerprint density at radius 3 is 2.53 bits per heavy atom. The molecule has 0 saturated heterocycles. The fourth-order valence-electron chi connectivity index (χ4n) is 3.63. The number of ether oxygens (including phenoxy) is 1. The number of hydrogen-bond acceptors (Lipinski definition) is 6. The molecule has 2 aromatic carbocycles. The molecule has 1 N–H and O–H groups in total. The molecule has 34 heavy (non-hydrogen) atoms. The second-order valence-electron chi connectivity index (χ2n) is 8.21. The van der Waals surface area contributed by atoms with E-state index in [1.54, 1.807) is 42.6 Å². The minimum Gasteiger partial charge on any atom is -0.461 e. The first-order valence-corrected chi connectivity index (χ1v) is 11.9. The number of rotatable bonds is 6. The molecule has 8 heteroatoms. The highest BCUT2D eigenvalue weighted by molar-refractivity contribution is 7.16. The lowest BCUT2D eigenvalue weighted by Crippen LogP contribution is -2.25. The van der Waals surface area contributed by atoms with Gasteiger partial charge in [0.1, 0.15) is 5.00 Å². The molecule has 4 aromatic rings. The fraction of sp³-hybridized carbons (Fsp3) is 0.231. The summed E-state index contributed by atoms with van der Waals surface area (Å²) in [6.07, 6.45) is 0. The predicted octanol–water partition coefficient (Wildman–Crippen LogP) is 5.31. The maximum Gasteiger partial charge on any atom is 0.359 e. The molecule has 0 aliphatic carbocycles. The van der Waals surface area contributed by atoms with Crippen molar-refractivity contribution in [2.75, 3.05) is 11.9 Å². The number of thiophene rings is 1. The predicted molar refractivity (Wildman–Crippen MR) is 134 cm³/mol. The van der Waals surface area contributed by atoms with Crippen LogP contribution in [-0.4, -0.2) is 28.3 Å². The summed E-state index contributed by atoms with van der Waals surface area (Å²) in [6, 6.07) is 14.6. The second-order valence-corrected chi connectivity index (χ2v) is 9.09. The van der Waals surface area contributed by atoms with Crippen molar-refractivity contribution in [3.63, 3.8) is 0 Å². The summed E-state index contributed by atoms with van der Waals surface area (Å²) in [6.45, 7) is 7.94. The molecule has 2 aromatic heterocycles. The van der Waals surface area contributed by atoms with E-state index in [1.807, 2.05) is 25.1 Å². The van der Waals surface area contributed by atoms with Gasteiger partial charge in [-0.15, -0.1) is 11.3 Å². The van der Waals surface area contributed by atoms with E-state index in [-0.39, 0.29) is 23.6 Å². The number of aryl methyl sites for hydroxylation is 1. The Morgan fingerprint density at radius 1 is 1.15 bits per heavy atom. The maximum absolute atomic E-state index is 13.5. The summed E-state index contributed by atoms with van der Waals surface area (Å²) in [4.78, 5) is 39.1. The minimum absolute atomic E-state index is 0.0247. The number of carbonyl (C=O) groups excluding carboxylic acids is 2. The number of esters is 1. The van der Waals surface area contributed by atoms with Gasteiger partial charge in [-0.25, -0.2) is 4.79 Å². The van der Waals surface area contributed by atoms with Crippen LogP contribution in [0, 0.1) is 6.92 Å². The van der Waals surface area contributed by atoms with Crippen LogP contribution in [0.3, 0.4) is 0 Å². The van der Waals surface area contributed by atoms with Crippen LogP contribution in [0.5, 0.6) is 0 Å². The molecule has 2 heterocycles. The number of fused-ring (bicyclic) bond motifs is 1. The third kappa shape index (κ3) is 4.49. The number of anilines is 1. The number of aromatic nitrogens is 2. The van der Waals surface area contributed by atoms with Gasteiger partial charge in [0.15, 0.2) is 5.69 Å². The zero-order chi connectivity index (χ0) is 24.4. The average molecular weight is 476 g/mol. The van der Waals surface area contributed by atoms with Gasteiger partial charge >= 0.3 is 5.97 Å². The van der Waals surface area contributed by atoms with Crippen LogP contribution in [0.4, 0.5) is 5.00 Å². The van der Waals surface area contributed by atoms with Crippen LogP contribution in [0.15, 0.2) is 58.7 Å². The van der Waals surface area contributed by atoms with Gasteiger partial charge in [-0.2, -0.15) is 9.78 Å². The highest BCUT2D eigenvalue weighted by Crippen LogP contribution is 2.31. The topological polar surface area (TPSA) is 90.3 Å².